The third-order valence-corrected chi connectivity index (χ3v) is 5.49. The van der Waals surface area contributed by atoms with Crippen molar-refractivity contribution in [3.63, 3.8) is 0 Å². The average molecular weight is 403 g/mol. The summed E-state index contributed by atoms with van der Waals surface area (Å²) in [7, 11) is 0. The van der Waals surface area contributed by atoms with E-state index >= 15 is 0 Å². The Morgan fingerprint density at radius 2 is 1.92 bits per heavy atom. The third-order valence-electron chi connectivity index (χ3n) is 4.45. The Morgan fingerprint density at radius 1 is 1.24 bits per heavy atom. The molecule has 25 heavy (non-hydrogen) atoms. The van der Waals surface area contributed by atoms with E-state index in [9.17, 15) is 4.79 Å². The van der Waals surface area contributed by atoms with Gasteiger partial charge in [0.2, 0.25) is 0 Å². The molecule has 1 aliphatic carbocycles. The standard InChI is InChI=1S/C17H22N4OS.2ClH/c18-10-14(12-4-2-1-3-5-12)21-16(22)15-11-20-17(23-15)13-6-8-19-9-7-13;;/h6-9,11-12,14H,1-5,10,18H2,(H,21,22);2*1H. The molecule has 2 aromatic rings. The smallest absolute Gasteiger partial charge is 0.263 e. The number of aromatic nitrogens is 2. The average Bonchev–Trinajstić information content (AvgIpc) is 3.11. The van der Waals surface area contributed by atoms with Crippen molar-refractivity contribution in [1.82, 2.24) is 15.3 Å². The molecule has 0 bridgehead atoms. The highest BCUT2D eigenvalue weighted by Gasteiger charge is 2.25. The zero-order valence-corrected chi connectivity index (χ0v) is 16.3. The SMILES string of the molecule is Cl.Cl.NCC(NC(=O)c1cnc(-c2ccncc2)s1)C1CCCCC1. The minimum atomic E-state index is -0.0659. The van der Waals surface area contributed by atoms with Crippen LogP contribution < -0.4 is 11.1 Å². The fraction of sp³-hybridized carbons (Fsp3) is 0.471. The summed E-state index contributed by atoms with van der Waals surface area (Å²) in [4.78, 5) is 21.5. The highest BCUT2D eigenvalue weighted by Crippen LogP contribution is 2.27. The van der Waals surface area contributed by atoms with E-state index in [1.54, 1.807) is 18.6 Å². The zero-order chi connectivity index (χ0) is 16.1. The van der Waals surface area contributed by atoms with Gasteiger partial charge >= 0.3 is 0 Å². The van der Waals surface area contributed by atoms with Crippen molar-refractivity contribution in [3.05, 3.63) is 35.6 Å². The number of nitrogens with zero attached hydrogens (tertiary/aromatic N) is 2. The number of thiazole rings is 1. The molecule has 1 aliphatic rings. The topological polar surface area (TPSA) is 80.9 Å². The first-order valence-corrected chi connectivity index (χ1v) is 8.96. The van der Waals surface area contributed by atoms with E-state index in [1.165, 1.54) is 30.6 Å². The maximum atomic E-state index is 12.5. The molecule has 2 aromatic heterocycles. The molecule has 0 saturated heterocycles. The van der Waals surface area contributed by atoms with Crippen molar-refractivity contribution in [1.29, 1.82) is 0 Å². The van der Waals surface area contributed by atoms with Crippen LogP contribution in [0.1, 0.15) is 41.8 Å². The van der Waals surface area contributed by atoms with Gasteiger partial charge in [0.1, 0.15) is 9.88 Å². The number of hydrogen-bond acceptors (Lipinski definition) is 5. The molecule has 3 rings (SSSR count). The number of pyridine rings is 1. The molecule has 138 valence electrons. The Bertz CT molecular complexity index is 647. The maximum Gasteiger partial charge on any atom is 0.263 e. The minimum absolute atomic E-state index is 0. The van der Waals surface area contributed by atoms with Gasteiger partial charge in [-0.15, -0.1) is 36.2 Å². The molecule has 1 atom stereocenters. The first-order chi connectivity index (χ1) is 11.3. The Labute approximate surface area is 164 Å². The van der Waals surface area contributed by atoms with Crippen LogP contribution in [0.2, 0.25) is 0 Å². The molecule has 0 radical (unpaired) electrons. The molecule has 0 aromatic carbocycles. The van der Waals surface area contributed by atoms with Crippen LogP contribution in [0.15, 0.2) is 30.7 Å². The molecule has 8 heteroatoms. The van der Waals surface area contributed by atoms with E-state index < -0.39 is 0 Å². The highest BCUT2D eigenvalue weighted by atomic mass is 35.5. The van der Waals surface area contributed by atoms with E-state index in [2.05, 4.69) is 15.3 Å². The summed E-state index contributed by atoms with van der Waals surface area (Å²) in [5.74, 6) is 0.439. The van der Waals surface area contributed by atoms with E-state index in [0.29, 0.717) is 17.3 Å². The molecule has 1 fully saturated rings. The first kappa shape index (κ1) is 21.8. The van der Waals surface area contributed by atoms with Crippen LogP contribution in [-0.2, 0) is 0 Å². The second kappa shape index (κ2) is 10.7. The number of rotatable bonds is 5. The Kier molecular flexibility index (Phi) is 9.35. The van der Waals surface area contributed by atoms with E-state index in [0.717, 1.165) is 23.4 Å². The monoisotopic (exact) mass is 402 g/mol. The Hall–Kier alpha value is -1.21. The van der Waals surface area contributed by atoms with E-state index in [1.807, 2.05) is 12.1 Å². The largest absolute Gasteiger partial charge is 0.347 e. The van der Waals surface area contributed by atoms with Gasteiger partial charge in [0.05, 0.1) is 6.20 Å². The zero-order valence-electron chi connectivity index (χ0n) is 13.9. The van der Waals surface area contributed by atoms with Crippen molar-refractivity contribution < 1.29 is 4.79 Å². The quantitative estimate of drug-likeness (QED) is 0.798. The van der Waals surface area contributed by atoms with Gasteiger partial charge in [-0.25, -0.2) is 4.98 Å². The number of nitrogens with one attached hydrogen (secondary N) is 1. The number of halogens is 2. The summed E-state index contributed by atoms with van der Waals surface area (Å²) in [5, 5.41) is 3.94. The minimum Gasteiger partial charge on any atom is -0.347 e. The second-order valence-electron chi connectivity index (χ2n) is 5.98. The molecule has 3 N–H and O–H groups in total. The van der Waals surface area contributed by atoms with Crippen molar-refractivity contribution in [2.24, 2.45) is 11.7 Å². The fourth-order valence-corrected chi connectivity index (χ4v) is 3.98. The van der Waals surface area contributed by atoms with Gasteiger partial charge in [-0.05, 0) is 30.9 Å². The van der Waals surface area contributed by atoms with Crippen LogP contribution in [0.3, 0.4) is 0 Å². The lowest BCUT2D eigenvalue weighted by atomic mass is 9.84. The van der Waals surface area contributed by atoms with Gasteiger partial charge < -0.3 is 11.1 Å². The number of carbonyl (C=O) groups excluding carboxylic acids is 1. The normalized spacial score (nSPS) is 15.6. The predicted octanol–water partition coefficient (Wildman–Crippen LogP) is 3.69. The summed E-state index contributed by atoms with van der Waals surface area (Å²) in [6, 6.07) is 3.85. The molecular formula is C17H24Cl2N4OS. The van der Waals surface area contributed by atoms with Gasteiger partial charge in [0.25, 0.3) is 5.91 Å². The molecule has 1 amide bonds. The van der Waals surface area contributed by atoms with Gasteiger partial charge in [-0.2, -0.15) is 0 Å². The number of nitrogens with two attached hydrogens (primary N) is 1. The second-order valence-corrected chi connectivity index (χ2v) is 7.01. The number of hydrogen-bond donors (Lipinski definition) is 2. The van der Waals surface area contributed by atoms with Crippen molar-refractivity contribution in [2.75, 3.05) is 6.54 Å². The van der Waals surface area contributed by atoms with Gasteiger partial charge in [-0.1, -0.05) is 19.3 Å². The van der Waals surface area contributed by atoms with E-state index in [-0.39, 0.29) is 36.8 Å². The van der Waals surface area contributed by atoms with Gasteiger partial charge in [0, 0.05) is 30.5 Å². The van der Waals surface area contributed by atoms with Crippen LogP contribution in [0.5, 0.6) is 0 Å². The highest BCUT2D eigenvalue weighted by molar-refractivity contribution is 7.16. The number of carbonyl (C=O) groups is 1. The lowest BCUT2D eigenvalue weighted by Crippen LogP contribution is -2.45. The molecule has 2 heterocycles. The van der Waals surface area contributed by atoms with Gasteiger partial charge in [0.15, 0.2) is 0 Å². The van der Waals surface area contributed by atoms with Crippen molar-refractivity contribution >= 4 is 42.1 Å². The van der Waals surface area contributed by atoms with Crippen LogP contribution in [0.4, 0.5) is 0 Å². The third kappa shape index (κ3) is 5.64. The van der Waals surface area contributed by atoms with Crippen LogP contribution in [0, 0.1) is 5.92 Å². The molecule has 1 saturated carbocycles. The molecule has 0 aliphatic heterocycles. The first-order valence-electron chi connectivity index (χ1n) is 8.15. The van der Waals surface area contributed by atoms with Crippen molar-refractivity contribution in [3.8, 4) is 10.6 Å². The fourth-order valence-electron chi connectivity index (χ4n) is 3.15. The Morgan fingerprint density at radius 3 is 2.56 bits per heavy atom. The summed E-state index contributed by atoms with van der Waals surface area (Å²) < 4.78 is 0. The summed E-state index contributed by atoms with van der Waals surface area (Å²) in [5.41, 5.74) is 6.87. The molecule has 5 nitrogen and oxygen atoms in total. The van der Waals surface area contributed by atoms with Crippen molar-refractivity contribution in [2.45, 2.75) is 38.1 Å². The summed E-state index contributed by atoms with van der Waals surface area (Å²) >= 11 is 1.40. The lowest BCUT2D eigenvalue weighted by Gasteiger charge is -2.29. The van der Waals surface area contributed by atoms with Crippen LogP contribution >= 0.6 is 36.2 Å². The number of amides is 1. The summed E-state index contributed by atoms with van der Waals surface area (Å²) in [6.45, 7) is 0.492. The van der Waals surface area contributed by atoms with Crippen LogP contribution in [-0.4, -0.2) is 28.5 Å². The molecular weight excluding hydrogens is 379 g/mol. The lowest BCUT2D eigenvalue weighted by molar-refractivity contribution is 0.0919. The Balaban J connectivity index is 0.00000156. The summed E-state index contributed by atoms with van der Waals surface area (Å²) in [6.07, 6.45) is 11.2. The predicted molar refractivity (Wildman–Crippen MR) is 107 cm³/mol. The molecule has 0 spiro atoms. The maximum absolute atomic E-state index is 12.5. The van der Waals surface area contributed by atoms with E-state index in [4.69, 9.17) is 5.73 Å². The van der Waals surface area contributed by atoms with Gasteiger partial charge in [-0.3, -0.25) is 9.78 Å². The molecule has 1 unspecified atom stereocenters. The van der Waals surface area contributed by atoms with Crippen LogP contribution in [0.25, 0.3) is 10.6 Å².